The van der Waals surface area contributed by atoms with E-state index >= 15 is 0 Å². The Balaban J connectivity index is 1.45. The maximum absolute atomic E-state index is 12.6. The smallest absolute Gasteiger partial charge is 0.277 e. The van der Waals surface area contributed by atoms with Crippen LogP contribution in [-0.4, -0.2) is 31.5 Å². The highest BCUT2D eigenvalue weighted by Crippen LogP contribution is 2.27. The molecule has 0 aromatic heterocycles. The molecule has 2 amide bonds. The van der Waals surface area contributed by atoms with E-state index in [0.29, 0.717) is 22.5 Å². The maximum atomic E-state index is 12.6. The largest absolute Gasteiger partial charge is 0.322 e. The fraction of sp³-hybridized carbons (Fsp3) is 0. The van der Waals surface area contributed by atoms with Crippen molar-refractivity contribution in [3.8, 4) is 11.1 Å². The van der Waals surface area contributed by atoms with E-state index in [-0.39, 0.29) is 11.1 Å². The second kappa shape index (κ2) is 11.7. The molecule has 16 nitrogen and oxygen atoms in total. The van der Waals surface area contributed by atoms with Crippen molar-refractivity contribution >= 4 is 45.9 Å². The number of nitrogens with zero attached hydrogens (tertiary/aromatic N) is 4. The van der Waals surface area contributed by atoms with Gasteiger partial charge in [0.25, 0.3) is 34.6 Å². The number of nitro benzene ring substituents is 4. The van der Waals surface area contributed by atoms with Gasteiger partial charge in [-0.25, -0.2) is 0 Å². The van der Waals surface area contributed by atoms with Crippen LogP contribution >= 0.6 is 0 Å². The van der Waals surface area contributed by atoms with Gasteiger partial charge in [-0.1, -0.05) is 24.3 Å². The first kappa shape index (κ1) is 28.4. The number of hydrogen-bond donors (Lipinski definition) is 2. The topological polar surface area (TPSA) is 231 Å². The average molecular weight is 572 g/mol. The summed E-state index contributed by atoms with van der Waals surface area (Å²) in [5.74, 6) is -1.58. The lowest BCUT2D eigenvalue weighted by Gasteiger charge is -2.09. The first-order valence-corrected chi connectivity index (χ1v) is 11.6. The molecule has 0 radical (unpaired) electrons. The Morgan fingerprint density at radius 1 is 0.452 bits per heavy atom. The lowest BCUT2D eigenvalue weighted by atomic mass is 10.0. The molecule has 0 saturated heterocycles. The van der Waals surface area contributed by atoms with Gasteiger partial charge in [0.05, 0.1) is 43.0 Å². The van der Waals surface area contributed by atoms with E-state index in [0.717, 1.165) is 36.4 Å². The summed E-state index contributed by atoms with van der Waals surface area (Å²) in [6.07, 6.45) is 0. The summed E-state index contributed by atoms with van der Waals surface area (Å²) < 4.78 is 0. The monoisotopic (exact) mass is 572 g/mol. The Hall–Kier alpha value is -6.58. The molecule has 0 unspecified atom stereocenters. The predicted molar refractivity (Wildman–Crippen MR) is 147 cm³/mol. The lowest BCUT2D eigenvalue weighted by molar-refractivity contribution is -0.394. The van der Waals surface area contributed by atoms with E-state index in [1.807, 2.05) is 0 Å². The summed E-state index contributed by atoms with van der Waals surface area (Å²) in [4.78, 5) is 66.1. The van der Waals surface area contributed by atoms with Crippen LogP contribution in [-0.2, 0) is 0 Å². The van der Waals surface area contributed by atoms with Crippen LogP contribution in [0.3, 0.4) is 0 Å². The summed E-state index contributed by atoms with van der Waals surface area (Å²) in [6, 6.07) is 18.0. The van der Waals surface area contributed by atoms with Crippen LogP contribution in [0, 0.1) is 40.5 Å². The van der Waals surface area contributed by atoms with Crippen LogP contribution in [0.5, 0.6) is 0 Å². The number of nitro groups is 4. The van der Waals surface area contributed by atoms with Gasteiger partial charge >= 0.3 is 0 Å². The zero-order chi connectivity index (χ0) is 30.6. The van der Waals surface area contributed by atoms with Crippen LogP contribution in [0.15, 0.2) is 84.9 Å². The van der Waals surface area contributed by atoms with Gasteiger partial charge in [-0.15, -0.1) is 0 Å². The SMILES string of the molecule is O=C(Nc1ccc(-c2ccc(NC(=O)c3cc([N+](=O)[O-])cc([N+](=O)[O-])c3)cc2)cc1)c1cc([N+](=O)[O-])cc([N+](=O)[O-])c1. The van der Waals surface area contributed by atoms with Crippen molar-refractivity contribution < 1.29 is 29.3 Å². The second-order valence-corrected chi connectivity index (χ2v) is 8.57. The van der Waals surface area contributed by atoms with Crippen molar-refractivity contribution in [2.45, 2.75) is 0 Å². The number of carbonyl (C=O) groups excluding carboxylic acids is 2. The van der Waals surface area contributed by atoms with Gasteiger partial charge in [0.2, 0.25) is 0 Å². The first-order chi connectivity index (χ1) is 19.9. The Morgan fingerprint density at radius 2 is 0.714 bits per heavy atom. The van der Waals surface area contributed by atoms with Gasteiger partial charge in [0, 0.05) is 35.6 Å². The molecule has 0 aliphatic heterocycles. The van der Waals surface area contributed by atoms with Crippen molar-refractivity contribution in [1.29, 1.82) is 0 Å². The molecule has 0 bridgehead atoms. The fourth-order valence-corrected chi connectivity index (χ4v) is 3.77. The van der Waals surface area contributed by atoms with E-state index in [1.54, 1.807) is 48.5 Å². The van der Waals surface area contributed by atoms with Crippen LogP contribution in [0.1, 0.15) is 20.7 Å². The zero-order valence-corrected chi connectivity index (χ0v) is 21.0. The van der Waals surface area contributed by atoms with Gasteiger partial charge in [-0.3, -0.25) is 50.0 Å². The molecule has 2 N–H and O–H groups in total. The molecule has 0 aliphatic rings. The van der Waals surface area contributed by atoms with Crippen molar-refractivity contribution in [2.24, 2.45) is 0 Å². The van der Waals surface area contributed by atoms with Crippen molar-refractivity contribution in [1.82, 2.24) is 0 Å². The van der Waals surface area contributed by atoms with Gasteiger partial charge in [0.1, 0.15) is 0 Å². The van der Waals surface area contributed by atoms with E-state index < -0.39 is 54.3 Å². The van der Waals surface area contributed by atoms with E-state index in [9.17, 15) is 50.0 Å². The normalized spacial score (nSPS) is 10.4. The molecule has 4 aromatic carbocycles. The summed E-state index contributed by atoms with van der Waals surface area (Å²) >= 11 is 0. The highest BCUT2D eigenvalue weighted by molar-refractivity contribution is 6.06. The van der Waals surface area contributed by atoms with Crippen molar-refractivity contribution in [3.05, 3.63) is 137 Å². The molecule has 4 rings (SSSR count). The third-order valence-electron chi connectivity index (χ3n) is 5.79. The average Bonchev–Trinajstić information content (AvgIpc) is 2.97. The summed E-state index contributed by atoms with van der Waals surface area (Å²) in [7, 11) is 0. The second-order valence-electron chi connectivity index (χ2n) is 8.57. The number of nitrogens with one attached hydrogen (secondary N) is 2. The van der Waals surface area contributed by atoms with Gasteiger partial charge in [-0.2, -0.15) is 0 Å². The van der Waals surface area contributed by atoms with Crippen molar-refractivity contribution in [2.75, 3.05) is 10.6 Å². The number of anilines is 2. The summed E-state index contributed by atoms with van der Waals surface area (Å²) in [5, 5.41) is 49.3. The van der Waals surface area contributed by atoms with Gasteiger partial charge < -0.3 is 10.6 Å². The number of carbonyl (C=O) groups is 2. The van der Waals surface area contributed by atoms with Crippen LogP contribution in [0.25, 0.3) is 11.1 Å². The minimum absolute atomic E-state index is 0.266. The number of rotatable bonds is 9. The Kier molecular flexibility index (Phi) is 7.89. The zero-order valence-electron chi connectivity index (χ0n) is 21.0. The van der Waals surface area contributed by atoms with Gasteiger partial charge in [0.15, 0.2) is 0 Å². The van der Waals surface area contributed by atoms with Crippen molar-refractivity contribution in [3.63, 3.8) is 0 Å². The number of non-ortho nitro benzene ring substituents is 4. The molecule has 210 valence electrons. The third-order valence-corrected chi connectivity index (χ3v) is 5.79. The summed E-state index contributed by atoms with van der Waals surface area (Å²) in [5.41, 5.74) is -0.911. The Morgan fingerprint density at radius 3 is 0.952 bits per heavy atom. The molecular weight excluding hydrogens is 556 g/mol. The number of benzene rings is 4. The quantitative estimate of drug-likeness (QED) is 0.189. The Bertz CT molecular complexity index is 1580. The molecule has 0 spiro atoms. The predicted octanol–water partition coefficient (Wildman–Crippen LogP) is 5.49. The number of amides is 2. The van der Waals surface area contributed by atoms with Crippen LogP contribution in [0.2, 0.25) is 0 Å². The third kappa shape index (κ3) is 6.52. The lowest BCUT2D eigenvalue weighted by Crippen LogP contribution is -2.12. The first-order valence-electron chi connectivity index (χ1n) is 11.6. The molecule has 0 aliphatic carbocycles. The molecule has 16 heteroatoms. The highest BCUT2D eigenvalue weighted by atomic mass is 16.6. The molecule has 0 saturated carbocycles. The molecule has 4 aromatic rings. The molecule has 42 heavy (non-hydrogen) atoms. The van der Waals surface area contributed by atoms with Crippen LogP contribution < -0.4 is 10.6 Å². The minimum atomic E-state index is -0.838. The maximum Gasteiger partial charge on any atom is 0.277 e. The molecule has 0 atom stereocenters. The Labute approximate surface area is 233 Å². The molecule has 0 fully saturated rings. The minimum Gasteiger partial charge on any atom is -0.322 e. The highest BCUT2D eigenvalue weighted by Gasteiger charge is 2.21. The van der Waals surface area contributed by atoms with E-state index in [2.05, 4.69) is 10.6 Å². The number of hydrogen-bond acceptors (Lipinski definition) is 10. The van der Waals surface area contributed by atoms with Crippen LogP contribution in [0.4, 0.5) is 34.1 Å². The van der Waals surface area contributed by atoms with Gasteiger partial charge in [-0.05, 0) is 35.4 Å². The standard InChI is InChI=1S/C26H16N6O10/c33-25(17-9-21(29(35)36)13-22(10-17)30(37)38)27-19-5-1-15(2-6-19)16-3-7-20(8-4-16)28-26(34)18-11-23(31(39)40)14-24(12-18)32(41)42/h1-14H,(H,27,33)(H,28,34). The van der Waals surface area contributed by atoms with E-state index in [1.165, 1.54) is 0 Å². The molecular formula is C26H16N6O10. The van der Waals surface area contributed by atoms with E-state index in [4.69, 9.17) is 0 Å². The molecule has 0 heterocycles. The summed E-state index contributed by atoms with van der Waals surface area (Å²) in [6.45, 7) is 0. The fourth-order valence-electron chi connectivity index (χ4n) is 3.77.